The first-order chi connectivity index (χ1) is 16.1. The van der Waals surface area contributed by atoms with Crippen molar-refractivity contribution in [3.05, 3.63) is 71.8 Å². The summed E-state index contributed by atoms with van der Waals surface area (Å²) in [6.45, 7) is 3.15. The molecular weight excluding hydrogens is 414 g/mol. The minimum absolute atomic E-state index is 0.000825. The van der Waals surface area contributed by atoms with E-state index in [0.29, 0.717) is 39.0 Å². The fourth-order valence-electron chi connectivity index (χ4n) is 4.91. The standard InChI is InChI=1S/C27H33N3O3/c31-25-13-7-15-29(25)16-8-14-28-27(33)24-18-23(22-11-5-2-6-12-22)19-30(20-24)26(32)17-21-9-3-1-4-10-21/h1-6,9-12,23-24H,7-8,13-20H2,(H,28,33). The smallest absolute Gasteiger partial charge is 0.227 e. The molecule has 0 spiro atoms. The Hall–Kier alpha value is -3.15. The highest BCUT2D eigenvalue weighted by molar-refractivity contribution is 5.82. The summed E-state index contributed by atoms with van der Waals surface area (Å²) in [5, 5.41) is 3.06. The molecule has 0 aromatic heterocycles. The van der Waals surface area contributed by atoms with Gasteiger partial charge in [-0.2, -0.15) is 0 Å². The van der Waals surface area contributed by atoms with Crippen molar-refractivity contribution >= 4 is 17.7 Å². The number of hydrogen-bond donors (Lipinski definition) is 1. The molecule has 2 aromatic carbocycles. The Balaban J connectivity index is 1.37. The number of piperidine rings is 1. The Bertz CT molecular complexity index is 948. The summed E-state index contributed by atoms with van der Waals surface area (Å²) in [7, 11) is 0. The lowest BCUT2D eigenvalue weighted by molar-refractivity contribution is -0.135. The molecule has 0 bridgehead atoms. The highest BCUT2D eigenvalue weighted by Crippen LogP contribution is 2.31. The topological polar surface area (TPSA) is 69.7 Å². The Morgan fingerprint density at radius 1 is 0.970 bits per heavy atom. The van der Waals surface area contributed by atoms with E-state index < -0.39 is 0 Å². The SMILES string of the molecule is O=C(NCCCN1CCCC1=O)C1CC(c2ccccc2)CN(C(=O)Cc2ccccc2)C1. The fourth-order valence-corrected chi connectivity index (χ4v) is 4.91. The van der Waals surface area contributed by atoms with E-state index >= 15 is 0 Å². The summed E-state index contributed by atoms with van der Waals surface area (Å²) in [5.74, 6) is 0.176. The number of carbonyl (C=O) groups is 3. The van der Waals surface area contributed by atoms with Gasteiger partial charge in [-0.25, -0.2) is 0 Å². The van der Waals surface area contributed by atoms with Crippen molar-refractivity contribution in [1.29, 1.82) is 0 Å². The van der Waals surface area contributed by atoms with Crippen molar-refractivity contribution in [2.75, 3.05) is 32.7 Å². The van der Waals surface area contributed by atoms with Gasteiger partial charge in [-0.15, -0.1) is 0 Å². The van der Waals surface area contributed by atoms with Gasteiger partial charge in [0.05, 0.1) is 12.3 Å². The van der Waals surface area contributed by atoms with Crippen LogP contribution in [0, 0.1) is 5.92 Å². The Kier molecular flexibility index (Phi) is 7.76. The van der Waals surface area contributed by atoms with Crippen molar-refractivity contribution in [3.8, 4) is 0 Å². The zero-order valence-electron chi connectivity index (χ0n) is 19.1. The molecule has 2 unspecified atom stereocenters. The van der Waals surface area contributed by atoms with Gasteiger partial charge in [0.25, 0.3) is 0 Å². The third-order valence-corrected chi connectivity index (χ3v) is 6.72. The van der Waals surface area contributed by atoms with Crippen molar-refractivity contribution in [1.82, 2.24) is 15.1 Å². The van der Waals surface area contributed by atoms with Crippen LogP contribution in [0.3, 0.4) is 0 Å². The predicted octanol–water partition coefficient (Wildman–Crippen LogP) is 2.99. The number of nitrogens with one attached hydrogen (secondary N) is 1. The van der Waals surface area contributed by atoms with Gasteiger partial charge in [0.15, 0.2) is 0 Å². The molecule has 4 rings (SSSR count). The van der Waals surface area contributed by atoms with E-state index in [1.54, 1.807) is 0 Å². The second kappa shape index (κ2) is 11.1. The molecule has 2 aliphatic rings. The molecule has 2 saturated heterocycles. The first-order valence-corrected chi connectivity index (χ1v) is 12.0. The lowest BCUT2D eigenvalue weighted by Gasteiger charge is -2.37. The van der Waals surface area contributed by atoms with Gasteiger partial charge in [-0.3, -0.25) is 14.4 Å². The molecule has 0 radical (unpaired) electrons. The fraction of sp³-hybridized carbons (Fsp3) is 0.444. The summed E-state index contributed by atoms with van der Waals surface area (Å²) < 4.78 is 0. The van der Waals surface area contributed by atoms with Gasteiger partial charge in [0.1, 0.15) is 0 Å². The summed E-state index contributed by atoms with van der Waals surface area (Å²) in [5.41, 5.74) is 2.15. The number of amides is 3. The maximum Gasteiger partial charge on any atom is 0.227 e. The molecule has 2 heterocycles. The van der Waals surface area contributed by atoms with Gasteiger partial charge >= 0.3 is 0 Å². The molecule has 0 aliphatic carbocycles. The van der Waals surface area contributed by atoms with Crippen molar-refractivity contribution in [2.45, 2.75) is 38.0 Å². The predicted molar refractivity (Wildman–Crippen MR) is 127 cm³/mol. The third-order valence-electron chi connectivity index (χ3n) is 6.72. The highest BCUT2D eigenvalue weighted by atomic mass is 16.2. The van der Waals surface area contributed by atoms with Crippen LogP contribution in [-0.2, 0) is 20.8 Å². The van der Waals surface area contributed by atoms with Gasteiger partial charge in [0.2, 0.25) is 17.7 Å². The van der Waals surface area contributed by atoms with Crippen molar-refractivity contribution in [3.63, 3.8) is 0 Å². The van der Waals surface area contributed by atoms with Gasteiger partial charge in [0, 0.05) is 45.1 Å². The van der Waals surface area contributed by atoms with E-state index in [-0.39, 0.29) is 29.6 Å². The minimum atomic E-state index is -0.239. The van der Waals surface area contributed by atoms with Crippen molar-refractivity contribution in [2.24, 2.45) is 5.92 Å². The number of rotatable bonds is 8. The molecule has 2 aromatic rings. The monoisotopic (exact) mass is 447 g/mol. The average Bonchev–Trinajstić information content (AvgIpc) is 3.27. The molecule has 6 heteroatoms. The first-order valence-electron chi connectivity index (χ1n) is 12.0. The van der Waals surface area contributed by atoms with Crippen LogP contribution < -0.4 is 5.32 Å². The Morgan fingerprint density at radius 3 is 2.39 bits per heavy atom. The van der Waals surface area contributed by atoms with Crippen LogP contribution >= 0.6 is 0 Å². The zero-order chi connectivity index (χ0) is 23.0. The second-order valence-electron chi connectivity index (χ2n) is 9.13. The molecule has 0 saturated carbocycles. The van der Waals surface area contributed by atoms with Crippen LogP contribution in [0.4, 0.5) is 0 Å². The van der Waals surface area contributed by atoms with Crippen LogP contribution in [0.25, 0.3) is 0 Å². The highest BCUT2D eigenvalue weighted by Gasteiger charge is 2.34. The summed E-state index contributed by atoms with van der Waals surface area (Å²) in [6, 6.07) is 19.9. The third kappa shape index (κ3) is 6.21. The van der Waals surface area contributed by atoms with Gasteiger partial charge in [-0.1, -0.05) is 60.7 Å². The molecule has 2 aliphatic heterocycles. The van der Waals surface area contributed by atoms with Crippen LogP contribution in [0.15, 0.2) is 60.7 Å². The van der Waals surface area contributed by atoms with Crippen molar-refractivity contribution < 1.29 is 14.4 Å². The van der Waals surface area contributed by atoms with E-state index in [0.717, 1.165) is 31.4 Å². The first kappa shape index (κ1) is 23.0. The largest absolute Gasteiger partial charge is 0.356 e. The number of benzene rings is 2. The molecule has 2 fully saturated rings. The van der Waals surface area contributed by atoms with Crippen LogP contribution in [0.2, 0.25) is 0 Å². The number of carbonyl (C=O) groups excluding carboxylic acids is 3. The molecule has 33 heavy (non-hydrogen) atoms. The van der Waals surface area contributed by atoms with E-state index in [9.17, 15) is 14.4 Å². The lowest BCUT2D eigenvalue weighted by atomic mass is 9.83. The molecule has 6 nitrogen and oxygen atoms in total. The molecule has 3 amide bonds. The van der Waals surface area contributed by atoms with E-state index in [1.165, 1.54) is 5.56 Å². The van der Waals surface area contributed by atoms with E-state index in [2.05, 4.69) is 17.4 Å². The summed E-state index contributed by atoms with van der Waals surface area (Å²) in [6.07, 6.45) is 3.40. The van der Waals surface area contributed by atoms with Crippen LogP contribution in [0.1, 0.15) is 42.7 Å². The molecule has 174 valence electrons. The summed E-state index contributed by atoms with van der Waals surface area (Å²) in [4.78, 5) is 41.6. The minimum Gasteiger partial charge on any atom is -0.356 e. The number of hydrogen-bond acceptors (Lipinski definition) is 3. The quantitative estimate of drug-likeness (QED) is 0.633. The number of nitrogens with zero attached hydrogens (tertiary/aromatic N) is 2. The molecule has 2 atom stereocenters. The average molecular weight is 448 g/mol. The molecular formula is C27H33N3O3. The number of likely N-dealkylation sites (tertiary alicyclic amines) is 2. The van der Waals surface area contributed by atoms with Gasteiger partial charge in [-0.05, 0) is 30.4 Å². The Labute approximate surface area is 196 Å². The lowest BCUT2D eigenvalue weighted by Crippen LogP contribution is -2.48. The maximum atomic E-state index is 13.1. The second-order valence-corrected chi connectivity index (χ2v) is 9.13. The van der Waals surface area contributed by atoms with E-state index in [1.807, 2.05) is 58.3 Å². The van der Waals surface area contributed by atoms with E-state index in [4.69, 9.17) is 0 Å². The normalized spacial score (nSPS) is 20.7. The maximum absolute atomic E-state index is 13.1. The zero-order valence-corrected chi connectivity index (χ0v) is 19.1. The molecule has 1 N–H and O–H groups in total. The van der Waals surface area contributed by atoms with Crippen LogP contribution in [0.5, 0.6) is 0 Å². The van der Waals surface area contributed by atoms with Crippen LogP contribution in [-0.4, -0.2) is 60.2 Å². The summed E-state index contributed by atoms with van der Waals surface area (Å²) >= 11 is 0. The Morgan fingerprint density at radius 2 is 1.70 bits per heavy atom. The van der Waals surface area contributed by atoms with Gasteiger partial charge < -0.3 is 15.1 Å².